The van der Waals surface area contributed by atoms with E-state index in [1.807, 2.05) is 37.3 Å². The molecule has 0 saturated carbocycles. The smallest absolute Gasteiger partial charge is 0.252 e. The zero-order valence-electron chi connectivity index (χ0n) is 16.7. The van der Waals surface area contributed by atoms with Crippen LogP contribution in [0.4, 0.5) is 0 Å². The van der Waals surface area contributed by atoms with E-state index in [9.17, 15) is 18.0 Å². The molecule has 0 bridgehead atoms. The van der Waals surface area contributed by atoms with E-state index in [4.69, 9.17) is 4.74 Å². The van der Waals surface area contributed by atoms with Gasteiger partial charge in [0.05, 0.1) is 17.1 Å². The van der Waals surface area contributed by atoms with Crippen LogP contribution in [0.5, 0.6) is 5.88 Å². The van der Waals surface area contributed by atoms with Crippen molar-refractivity contribution in [2.75, 3.05) is 18.1 Å². The summed E-state index contributed by atoms with van der Waals surface area (Å²) in [5.41, 5.74) is 1.38. The number of carbonyl (C=O) groups is 2. The summed E-state index contributed by atoms with van der Waals surface area (Å²) in [6, 6.07) is 12.6. The van der Waals surface area contributed by atoms with E-state index in [2.05, 4.69) is 15.6 Å². The van der Waals surface area contributed by atoms with Gasteiger partial charge in [0.15, 0.2) is 9.84 Å². The predicted molar refractivity (Wildman–Crippen MR) is 112 cm³/mol. The van der Waals surface area contributed by atoms with Crippen molar-refractivity contribution in [3.8, 4) is 5.88 Å². The molecule has 0 radical (unpaired) electrons. The Morgan fingerprint density at radius 1 is 1.20 bits per heavy atom. The van der Waals surface area contributed by atoms with E-state index < -0.39 is 9.84 Å². The molecule has 1 fully saturated rings. The molecular weight excluding hydrogens is 406 g/mol. The molecule has 2 N–H and O–H groups in total. The minimum absolute atomic E-state index is 0.0198. The lowest BCUT2D eigenvalue weighted by Crippen LogP contribution is -2.37. The first kappa shape index (κ1) is 21.8. The van der Waals surface area contributed by atoms with Gasteiger partial charge in [-0.15, -0.1) is 0 Å². The third-order valence-corrected chi connectivity index (χ3v) is 6.57. The van der Waals surface area contributed by atoms with Gasteiger partial charge < -0.3 is 15.4 Å². The number of sulfone groups is 1. The van der Waals surface area contributed by atoms with Gasteiger partial charge in [-0.1, -0.05) is 30.3 Å². The average molecular weight is 432 g/mol. The molecule has 8 nitrogen and oxygen atoms in total. The standard InChI is InChI=1S/C21H25N3O5S/c1-15(16-5-3-2-4-6-16)29-20-8-7-17(13-23-20)21(26)22-11-9-19(25)24-18-10-12-30(27,28)14-18/h2-8,13,15,18H,9-12,14H2,1H3,(H,22,26)(H,24,25)/t15-,18+/m1/s1. The maximum atomic E-state index is 12.2. The Labute approximate surface area is 176 Å². The van der Waals surface area contributed by atoms with Gasteiger partial charge in [0, 0.05) is 31.3 Å². The molecular formula is C21H25N3O5S. The second-order valence-electron chi connectivity index (χ2n) is 7.23. The molecule has 1 aliphatic heterocycles. The summed E-state index contributed by atoms with van der Waals surface area (Å²) < 4.78 is 28.6. The minimum atomic E-state index is -3.04. The molecule has 0 unspecified atom stereocenters. The first-order valence-electron chi connectivity index (χ1n) is 9.78. The Bertz CT molecular complexity index is 977. The fourth-order valence-electron chi connectivity index (χ4n) is 3.16. The summed E-state index contributed by atoms with van der Waals surface area (Å²) in [6.07, 6.45) is 1.76. The highest BCUT2D eigenvalue weighted by molar-refractivity contribution is 7.91. The van der Waals surface area contributed by atoms with Gasteiger partial charge in [0.1, 0.15) is 6.10 Å². The second kappa shape index (κ2) is 9.71. The first-order chi connectivity index (χ1) is 14.3. The number of nitrogens with zero attached hydrogens (tertiary/aromatic N) is 1. The fraction of sp³-hybridized carbons (Fsp3) is 0.381. The van der Waals surface area contributed by atoms with Crippen LogP contribution in [-0.2, 0) is 14.6 Å². The molecule has 160 valence electrons. The highest BCUT2D eigenvalue weighted by atomic mass is 32.2. The summed E-state index contributed by atoms with van der Waals surface area (Å²) in [4.78, 5) is 28.3. The van der Waals surface area contributed by atoms with E-state index in [1.165, 1.54) is 6.20 Å². The molecule has 1 aromatic heterocycles. The molecule has 0 aliphatic carbocycles. The van der Waals surface area contributed by atoms with Crippen molar-refractivity contribution in [2.24, 2.45) is 0 Å². The van der Waals surface area contributed by atoms with E-state index in [1.54, 1.807) is 12.1 Å². The molecule has 0 spiro atoms. The van der Waals surface area contributed by atoms with Crippen molar-refractivity contribution < 1.29 is 22.7 Å². The van der Waals surface area contributed by atoms with Crippen LogP contribution in [0.15, 0.2) is 48.7 Å². The first-order valence-corrected chi connectivity index (χ1v) is 11.6. The summed E-state index contributed by atoms with van der Waals surface area (Å²) in [5, 5.41) is 5.35. The van der Waals surface area contributed by atoms with Crippen molar-refractivity contribution in [2.45, 2.75) is 31.9 Å². The molecule has 2 atom stereocenters. The maximum absolute atomic E-state index is 12.2. The summed E-state index contributed by atoms with van der Waals surface area (Å²) in [7, 11) is -3.04. The Morgan fingerprint density at radius 2 is 1.97 bits per heavy atom. The monoisotopic (exact) mass is 431 g/mol. The van der Waals surface area contributed by atoms with Crippen molar-refractivity contribution in [3.05, 3.63) is 59.8 Å². The SMILES string of the molecule is C[C@@H](Oc1ccc(C(=O)NCCC(=O)N[C@H]2CCS(=O)(=O)C2)cn1)c1ccccc1. The number of ether oxygens (including phenoxy) is 1. The minimum Gasteiger partial charge on any atom is -0.470 e. The van der Waals surface area contributed by atoms with Gasteiger partial charge in [-0.2, -0.15) is 0 Å². The second-order valence-corrected chi connectivity index (χ2v) is 9.46. The van der Waals surface area contributed by atoms with Gasteiger partial charge in [-0.3, -0.25) is 9.59 Å². The Morgan fingerprint density at radius 3 is 2.60 bits per heavy atom. The summed E-state index contributed by atoms with van der Waals surface area (Å²) in [6.45, 7) is 2.07. The number of rotatable bonds is 8. The molecule has 30 heavy (non-hydrogen) atoms. The van der Waals surface area contributed by atoms with E-state index in [-0.39, 0.29) is 48.4 Å². The molecule has 1 aliphatic rings. The normalized spacial score (nSPS) is 18.4. The number of amides is 2. The number of benzene rings is 1. The number of pyridine rings is 1. The molecule has 1 aromatic carbocycles. The van der Waals surface area contributed by atoms with E-state index in [0.29, 0.717) is 17.9 Å². The van der Waals surface area contributed by atoms with Crippen LogP contribution in [0, 0.1) is 0 Å². The van der Waals surface area contributed by atoms with Crippen molar-refractivity contribution in [1.29, 1.82) is 0 Å². The topological polar surface area (TPSA) is 114 Å². The van der Waals surface area contributed by atoms with Crippen LogP contribution >= 0.6 is 0 Å². The quantitative estimate of drug-likeness (QED) is 0.657. The maximum Gasteiger partial charge on any atom is 0.252 e. The lowest BCUT2D eigenvalue weighted by molar-refractivity contribution is -0.121. The van der Waals surface area contributed by atoms with Crippen molar-refractivity contribution >= 4 is 21.7 Å². The highest BCUT2D eigenvalue weighted by Crippen LogP contribution is 2.19. The number of nitrogens with one attached hydrogen (secondary N) is 2. The van der Waals surface area contributed by atoms with E-state index in [0.717, 1.165) is 5.56 Å². The van der Waals surface area contributed by atoms with Crippen LogP contribution in [0.3, 0.4) is 0 Å². The van der Waals surface area contributed by atoms with Crippen molar-refractivity contribution in [3.63, 3.8) is 0 Å². The lowest BCUT2D eigenvalue weighted by Gasteiger charge is -2.14. The van der Waals surface area contributed by atoms with Gasteiger partial charge in [-0.25, -0.2) is 13.4 Å². The van der Waals surface area contributed by atoms with Crippen LogP contribution < -0.4 is 15.4 Å². The number of hydrogen-bond acceptors (Lipinski definition) is 6. The number of aromatic nitrogens is 1. The molecule has 2 heterocycles. The lowest BCUT2D eigenvalue weighted by atomic mass is 10.1. The molecule has 3 rings (SSSR count). The highest BCUT2D eigenvalue weighted by Gasteiger charge is 2.28. The van der Waals surface area contributed by atoms with Crippen LogP contribution in [-0.4, -0.2) is 49.3 Å². The van der Waals surface area contributed by atoms with Gasteiger partial charge in [0.25, 0.3) is 5.91 Å². The zero-order valence-corrected chi connectivity index (χ0v) is 17.5. The largest absolute Gasteiger partial charge is 0.470 e. The Balaban J connectivity index is 1.42. The third kappa shape index (κ3) is 6.28. The Hall–Kier alpha value is -2.94. The third-order valence-electron chi connectivity index (χ3n) is 4.80. The van der Waals surface area contributed by atoms with Crippen LogP contribution in [0.2, 0.25) is 0 Å². The summed E-state index contributed by atoms with van der Waals surface area (Å²) >= 11 is 0. The van der Waals surface area contributed by atoms with Gasteiger partial charge in [-0.05, 0) is 25.0 Å². The average Bonchev–Trinajstić information content (AvgIpc) is 3.07. The molecule has 2 amide bonds. The fourth-order valence-corrected chi connectivity index (χ4v) is 4.83. The predicted octanol–water partition coefficient (Wildman–Crippen LogP) is 1.64. The van der Waals surface area contributed by atoms with Gasteiger partial charge >= 0.3 is 0 Å². The van der Waals surface area contributed by atoms with Gasteiger partial charge in [0.2, 0.25) is 11.8 Å². The zero-order chi connectivity index (χ0) is 21.6. The molecule has 9 heteroatoms. The molecule has 1 saturated heterocycles. The van der Waals surface area contributed by atoms with Crippen LogP contribution in [0.25, 0.3) is 0 Å². The Kier molecular flexibility index (Phi) is 7.04. The van der Waals surface area contributed by atoms with Crippen LogP contribution in [0.1, 0.15) is 41.8 Å². The number of hydrogen-bond donors (Lipinski definition) is 2. The van der Waals surface area contributed by atoms with Crippen molar-refractivity contribution in [1.82, 2.24) is 15.6 Å². The summed E-state index contributed by atoms with van der Waals surface area (Å²) in [5.74, 6) is -0.135. The van der Waals surface area contributed by atoms with E-state index >= 15 is 0 Å². The molecule has 2 aromatic rings. The number of carbonyl (C=O) groups excluding carboxylic acids is 2.